The Labute approximate surface area is 148 Å². The molecule has 0 aliphatic rings. The van der Waals surface area contributed by atoms with Crippen LogP contribution in [0.5, 0.6) is 0 Å². The molecule has 2 aromatic heterocycles. The van der Waals surface area contributed by atoms with Crippen LogP contribution in [0.2, 0.25) is 0 Å². The maximum Gasteiger partial charge on any atom is 0.244 e. The molecule has 2 heterocycles. The fourth-order valence-electron chi connectivity index (χ4n) is 2.70. The molecule has 6 heteroatoms. The second kappa shape index (κ2) is 7.21. The van der Waals surface area contributed by atoms with Gasteiger partial charge in [0.1, 0.15) is 5.76 Å². The van der Waals surface area contributed by atoms with Crippen LogP contribution < -0.4 is 0 Å². The van der Waals surface area contributed by atoms with E-state index in [-0.39, 0.29) is 13.1 Å². The van der Waals surface area contributed by atoms with Crippen LogP contribution in [-0.2, 0) is 23.1 Å². The molecular formula is C19H20N2O3S. The second-order valence-electron chi connectivity index (χ2n) is 5.94. The van der Waals surface area contributed by atoms with Gasteiger partial charge in [-0.3, -0.25) is 4.98 Å². The lowest BCUT2D eigenvalue weighted by Gasteiger charge is -2.22. The van der Waals surface area contributed by atoms with Crippen LogP contribution in [0, 0.1) is 13.8 Å². The summed E-state index contributed by atoms with van der Waals surface area (Å²) in [6.45, 7) is 4.08. The number of aryl methyl sites for hydroxylation is 2. The Morgan fingerprint density at radius 1 is 1.04 bits per heavy atom. The highest BCUT2D eigenvalue weighted by atomic mass is 32.2. The Kier molecular flexibility index (Phi) is 5.01. The molecule has 3 aromatic rings. The van der Waals surface area contributed by atoms with E-state index in [2.05, 4.69) is 4.98 Å². The van der Waals surface area contributed by atoms with E-state index in [1.54, 1.807) is 30.5 Å². The zero-order chi connectivity index (χ0) is 17.9. The van der Waals surface area contributed by atoms with Crippen molar-refractivity contribution in [2.24, 2.45) is 0 Å². The third-order valence-electron chi connectivity index (χ3n) is 3.93. The molecule has 0 amide bonds. The number of hydrogen-bond donors (Lipinski definition) is 0. The van der Waals surface area contributed by atoms with E-state index < -0.39 is 10.0 Å². The lowest BCUT2D eigenvalue weighted by atomic mass is 10.2. The fourth-order valence-corrected chi connectivity index (χ4v) is 4.29. The average molecular weight is 356 g/mol. The van der Waals surface area contributed by atoms with Crippen molar-refractivity contribution >= 4 is 10.0 Å². The summed E-state index contributed by atoms with van der Waals surface area (Å²) < 4.78 is 33.3. The summed E-state index contributed by atoms with van der Waals surface area (Å²) in [4.78, 5) is 4.56. The first-order valence-electron chi connectivity index (χ1n) is 7.96. The summed E-state index contributed by atoms with van der Waals surface area (Å²) in [5, 5.41) is 0. The molecule has 0 N–H and O–H groups in total. The molecule has 0 aliphatic heterocycles. The Balaban J connectivity index is 1.99. The van der Waals surface area contributed by atoms with Crippen molar-refractivity contribution in [2.45, 2.75) is 31.8 Å². The van der Waals surface area contributed by atoms with Gasteiger partial charge in [-0.05, 0) is 49.7 Å². The number of nitrogens with zero attached hydrogens (tertiary/aromatic N) is 2. The van der Waals surface area contributed by atoms with Crippen molar-refractivity contribution in [3.05, 3.63) is 83.6 Å². The fraction of sp³-hybridized carbons (Fsp3) is 0.211. The smallest absolute Gasteiger partial charge is 0.244 e. The molecule has 0 atom stereocenters. The summed E-state index contributed by atoms with van der Waals surface area (Å²) in [6, 6.07) is 14.3. The van der Waals surface area contributed by atoms with E-state index in [1.807, 2.05) is 38.1 Å². The summed E-state index contributed by atoms with van der Waals surface area (Å²) in [5.41, 5.74) is 2.44. The number of hydrogen-bond acceptors (Lipinski definition) is 4. The summed E-state index contributed by atoms with van der Waals surface area (Å²) >= 11 is 0. The van der Waals surface area contributed by atoms with Crippen LogP contribution >= 0.6 is 0 Å². The Morgan fingerprint density at radius 2 is 1.88 bits per heavy atom. The molecule has 25 heavy (non-hydrogen) atoms. The number of benzene rings is 1. The molecule has 0 radical (unpaired) electrons. The molecule has 0 fully saturated rings. The maximum atomic E-state index is 13.3. The van der Waals surface area contributed by atoms with E-state index in [1.165, 1.54) is 10.6 Å². The van der Waals surface area contributed by atoms with Gasteiger partial charge in [-0.1, -0.05) is 23.8 Å². The molecule has 0 saturated carbocycles. The monoisotopic (exact) mass is 356 g/mol. The van der Waals surface area contributed by atoms with Crippen LogP contribution in [0.4, 0.5) is 0 Å². The Hall–Kier alpha value is -2.44. The Morgan fingerprint density at radius 3 is 2.52 bits per heavy atom. The number of furan rings is 1. The third kappa shape index (κ3) is 3.97. The van der Waals surface area contributed by atoms with Crippen molar-refractivity contribution in [3.8, 4) is 0 Å². The van der Waals surface area contributed by atoms with E-state index in [0.717, 1.165) is 11.1 Å². The zero-order valence-corrected chi connectivity index (χ0v) is 15.0. The zero-order valence-electron chi connectivity index (χ0n) is 14.2. The minimum Gasteiger partial charge on any atom is -0.468 e. The molecule has 1 aromatic carbocycles. The van der Waals surface area contributed by atoms with Crippen LogP contribution in [0.3, 0.4) is 0 Å². The van der Waals surface area contributed by atoms with Crippen molar-refractivity contribution in [1.29, 1.82) is 0 Å². The minimum absolute atomic E-state index is 0.152. The van der Waals surface area contributed by atoms with Gasteiger partial charge in [-0.15, -0.1) is 0 Å². The summed E-state index contributed by atoms with van der Waals surface area (Å²) in [6.07, 6.45) is 3.20. The molecule has 5 nitrogen and oxygen atoms in total. The average Bonchev–Trinajstić information content (AvgIpc) is 3.08. The van der Waals surface area contributed by atoms with Crippen LogP contribution in [0.1, 0.15) is 22.6 Å². The molecular weight excluding hydrogens is 336 g/mol. The normalized spacial score (nSPS) is 11.8. The van der Waals surface area contributed by atoms with Crippen molar-refractivity contribution in [1.82, 2.24) is 9.29 Å². The third-order valence-corrected chi connectivity index (χ3v) is 5.88. The number of sulfonamides is 1. The van der Waals surface area contributed by atoms with Crippen LogP contribution in [0.25, 0.3) is 0 Å². The maximum absolute atomic E-state index is 13.3. The number of rotatable bonds is 6. The molecule has 130 valence electrons. The summed E-state index contributed by atoms with van der Waals surface area (Å²) in [5.74, 6) is 0.587. The van der Waals surface area contributed by atoms with Crippen LogP contribution in [-0.4, -0.2) is 17.7 Å². The standard InChI is InChI=1S/C19H20N2O3S/c1-15-8-9-19(16(2)12-15)25(22,23)21(14-18-7-5-11-24-18)13-17-6-3-4-10-20-17/h3-12H,13-14H2,1-2H3. The molecule has 0 spiro atoms. The molecule has 0 unspecified atom stereocenters. The van der Waals surface area contributed by atoms with E-state index >= 15 is 0 Å². The lowest BCUT2D eigenvalue weighted by Crippen LogP contribution is -2.31. The molecule has 0 bridgehead atoms. The van der Waals surface area contributed by atoms with Gasteiger partial charge < -0.3 is 4.42 Å². The van der Waals surface area contributed by atoms with Gasteiger partial charge in [0.2, 0.25) is 10.0 Å². The van der Waals surface area contributed by atoms with Gasteiger partial charge in [0.05, 0.1) is 29.9 Å². The van der Waals surface area contributed by atoms with E-state index in [9.17, 15) is 8.42 Å². The second-order valence-corrected chi connectivity index (χ2v) is 7.85. The van der Waals surface area contributed by atoms with Gasteiger partial charge >= 0.3 is 0 Å². The SMILES string of the molecule is Cc1ccc(S(=O)(=O)N(Cc2ccccn2)Cc2ccco2)c(C)c1. The van der Waals surface area contributed by atoms with Crippen LogP contribution in [0.15, 0.2) is 70.3 Å². The van der Waals surface area contributed by atoms with Gasteiger partial charge in [0, 0.05) is 6.20 Å². The van der Waals surface area contributed by atoms with Crippen molar-refractivity contribution in [3.63, 3.8) is 0 Å². The first kappa shape index (κ1) is 17.4. The largest absolute Gasteiger partial charge is 0.468 e. The van der Waals surface area contributed by atoms with Gasteiger partial charge in [0.25, 0.3) is 0 Å². The first-order chi connectivity index (χ1) is 12.0. The Bertz CT molecular complexity index is 936. The number of pyridine rings is 1. The van der Waals surface area contributed by atoms with Gasteiger partial charge in [0.15, 0.2) is 0 Å². The van der Waals surface area contributed by atoms with E-state index in [4.69, 9.17) is 4.42 Å². The lowest BCUT2D eigenvalue weighted by molar-refractivity contribution is 0.355. The minimum atomic E-state index is -3.69. The predicted molar refractivity (Wildman–Crippen MR) is 95.3 cm³/mol. The highest BCUT2D eigenvalue weighted by molar-refractivity contribution is 7.89. The summed E-state index contributed by atoms with van der Waals surface area (Å²) in [7, 11) is -3.69. The quantitative estimate of drug-likeness (QED) is 0.676. The van der Waals surface area contributed by atoms with E-state index in [0.29, 0.717) is 16.3 Å². The molecule has 0 saturated heterocycles. The topological polar surface area (TPSA) is 63.4 Å². The molecule has 3 rings (SSSR count). The van der Waals surface area contributed by atoms with Crippen molar-refractivity contribution < 1.29 is 12.8 Å². The van der Waals surface area contributed by atoms with Gasteiger partial charge in [-0.2, -0.15) is 4.31 Å². The molecule has 0 aliphatic carbocycles. The highest BCUT2D eigenvalue weighted by Crippen LogP contribution is 2.24. The van der Waals surface area contributed by atoms with Gasteiger partial charge in [-0.25, -0.2) is 8.42 Å². The predicted octanol–water partition coefficient (Wildman–Crippen LogP) is 3.68. The highest BCUT2D eigenvalue weighted by Gasteiger charge is 2.27. The van der Waals surface area contributed by atoms with Crippen molar-refractivity contribution in [2.75, 3.05) is 0 Å². The first-order valence-corrected chi connectivity index (χ1v) is 9.40. The number of aromatic nitrogens is 1.